The largest absolute Gasteiger partial charge is 0.480 e. The van der Waals surface area contributed by atoms with Crippen molar-refractivity contribution in [3.63, 3.8) is 0 Å². The lowest BCUT2D eigenvalue weighted by atomic mass is 10.0. The molecule has 4 rings (SSSR count). The molecule has 0 bridgehead atoms. The topological polar surface area (TPSA) is 68.7 Å². The fourth-order valence-electron chi connectivity index (χ4n) is 4.74. The number of carbonyl (C=O) groups is 1. The van der Waals surface area contributed by atoms with E-state index in [2.05, 4.69) is 22.3 Å². The first kappa shape index (κ1) is 20.8. The number of hydrogen-bond acceptors (Lipinski definition) is 5. The molecule has 0 aliphatic carbocycles. The van der Waals surface area contributed by atoms with Gasteiger partial charge < -0.3 is 15.3 Å². The van der Waals surface area contributed by atoms with Gasteiger partial charge in [0.25, 0.3) is 0 Å². The van der Waals surface area contributed by atoms with Crippen LogP contribution in [0.4, 0.5) is 5.82 Å². The van der Waals surface area contributed by atoms with Crippen LogP contribution in [-0.2, 0) is 17.6 Å². The van der Waals surface area contributed by atoms with Crippen molar-refractivity contribution in [2.75, 3.05) is 38.5 Å². The van der Waals surface area contributed by atoms with E-state index in [-0.39, 0.29) is 6.04 Å². The summed E-state index contributed by atoms with van der Waals surface area (Å²) in [4.78, 5) is 21.2. The van der Waals surface area contributed by atoms with Gasteiger partial charge in [-0.1, -0.05) is 36.4 Å². The van der Waals surface area contributed by atoms with Crippen LogP contribution in [0.5, 0.6) is 0 Å². The summed E-state index contributed by atoms with van der Waals surface area (Å²) in [6.45, 7) is 3.99. The van der Waals surface area contributed by atoms with Crippen LogP contribution in [0.25, 0.3) is 0 Å². The van der Waals surface area contributed by atoms with E-state index < -0.39 is 12.0 Å². The second kappa shape index (κ2) is 9.58. The Hall–Kier alpha value is -2.44. The zero-order valence-electron chi connectivity index (χ0n) is 17.8. The highest BCUT2D eigenvalue weighted by Gasteiger charge is 2.33. The number of anilines is 1. The van der Waals surface area contributed by atoms with Crippen molar-refractivity contribution in [3.05, 3.63) is 59.3 Å². The van der Waals surface area contributed by atoms with Crippen LogP contribution in [-0.4, -0.2) is 65.1 Å². The molecule has 0 spiro atoms. The first-order valence-electron chi connectivity index (χ1n) is 11.1. The van der Waals surface area contributed by atoms with Gasteiger partial charge in [0.05, 0.1) is 0 Å². The smallest absolute Gasteiger partial charge is 0.325 e. The molecule has 0 radical (unpaired) electrons. The first-order chi connectivity index (χ1) is 14.6. The highest BCUT2D eigenvalue weighted by atomic mass is 16.4. The summed E-state index contributed by atoms with van der Waals surface area (Å²) in [5.74, 6) is 0.288. The lowest BCUT2D eigenvalue weighted by molar-refractivity contribution is -0.143. The second-order valence-electron chi connectivity index (χ2n) is 8.50. The van der Waals surface area contributed by atoms with E-state index in [4.69, 9.17) is 4.98 Å². The molecule has 160 valence electrons. The predicted molar refractivity (Wildman–Crippen MR) is 119 cm³/mol. The summed E-state index contributed by atoms with van der Waals surface area (Å²) in [6.07, 6.45) is 5.37. The Balaban J connectivity index is 1.28. The van der Waals surface area contributed by atoms with E-state index in [1.807, 2.05) is 42.3 Å². The third-order valence-electron chi connectivity index (χ3n) is 6.44. The van der Waals surface area contributed by atoms with Crippen molar-refractivity contribution in [2.24, 2.45) is 0 Å². The van der Waals surface area contributed by atoms with E-state index >= 15 is 0 Å². The Morgan fingerprint density at radius 2 is 2.13 bits per heavy atom. The summed E-state index contributed by atoms with van der Waals surface area (Å²) in [5, 5.41) is 13.2. The van der Waals surface area contributed by atoms with Crippen LogP contribution in [0.3, 0.4) is 0 Å². The molecular formula is C24H32N4O2. The Bertz CT molecular complexity index is 858. The monoisotopic (exact) mass is 408 g/mol. The molecule has 6 nitrogen and oxygen atoms in total. The van der Waals surface area contributed by atoms with Gasteiger partial charge in [-0.3, -0.25) is 9.69 Å². The highest BCUT2D eigenvalue weighted by molar-refractivity contribution is 5.75. The van der Waals surface area contributed by atoms with Gasteiger partial charge in [-0.05, 0) is 69.4 Å². The Labute approximate surface area is 178 Å². The van der Waals surface area contributed by atoms with Gasteiger partial charge in [-0.15, -0.1) is 0 Å². The quantitative estimate of drug-likeness (QED) is 0.699. The molecule has 2 atom stereocenters. The minimum atomic E-state index is -0.783. The normalized spacial score (nSPS) is 20.0. The van der Waals surface area contributed by atoms with Gasteiger partial charge in [0.2, 0.25) is 0 Å². The van der Waals surface area contributed by atoms with Gasteiger partial charge in [-0.25, -0.2) is 4.98 Å². The van der Waals surface area contributed by atoms with Gasteiger partial charge in [-0.2, -0.15) is 0 Å². The minimum Gasteiger partial charge on any atom is -0.480 e. The number of carboxylic acid groups (broad SMARTS) is 1. The van der Waals surface area contributed by atoms with E-state index in [1.54, 1.807) is 0 Å². The lowest BCUT2D eigenvalue weighted by Crippen LogP contribution is -2.40. The van der Waals surface area contributed by atoms with E-state index in [9.17, 15) is 9.90 Å². The molecule has 0 saturated carbocycles. The van der Waals surface area contributed by atoms with Crippen LogP contribution in [0.2, 0.25) is 0 Å². The molecule has 0 amide bonds. The molecule has 6 heteroatoms. The summed E-state index contributed by atoms with van der Waals surface area (Å²) >= 11 is 0. The molecule has 2 aromatic rings. The van der Waals surface area contributed by atoms with Crippen molar-refractivity contribution in [1.29, 1.82) is 0 Å². The number of likely N-dealkylation sites (N-methyl/N-ethyl adjacent to an activating group) is 1. The number of fused-ring (bicyclic) bond motifs is 1. The highest BCUT2D eigenvalue weighted by Crippen LogP contribution is 2.26. The molecule has 1 aromatic heterocycles. The molecule has 2 aliphatic heterocycles. The van der Waals surface area contributed by atoms with Gasteiger partial charge in [0, 0.05) is 24.8 Å². The predicted octanol–water partition coefficient (Wildman–Crippen LogP) is 3.20. The summed E-state index contributed by atoms with van der Waals surface area (Å²) in [6, 6.07) is 13.6. The first-order valence-corrected chi connectivity index (χ1v) is 11.1. The van der Waals surface area contributed by atoms with Crippen molar-refractivity contribution < 1.29 is 9.90 Å². The molecule has 2 aliphatic rings. The third kappa shape index (κ3) is 4.82. The van der Waals surface area contributed by atoms with Crippen LogP contribution in [0, 0.1) is 0 Å². The Kier molecular flexibility index (Phi) is 6.65. The molecule has 1 fully saturated rings. The van der Waals surface area contributed by atoms with E-state index in [0.29, 0.717) is 0 Å². The van der Waals surface area contributed by atoms with Crippen molar-refractivity contribution in [2.45, 2.75) is 44.2 Å². The molecule has 2 unspecified atom stereocenters. The SMILES string of the molecule is CN(C1CCN(CCCc2ccc3c(n2)NCCC3)C1)C(C(=O)O)c1ccccc1. The van der Waals surface area contributed by atoms with Crippen LogP contribution in [0.1, 0.15) is 42.1 Å². The zero-order valence-corrected chi connectivity index (χ0v) is 17.8. The summed E-state index contributed by atoms with van der Waals surface area (Å²) in [5.41, 5.74) is 3.34. The maximum Gasteiger partial charge on any atom is 0.325 e. The molecular weight excluding hydrogens is 376 g/mol. The fraction of sp³-hybridized carbons (Fsp3) is 0.500. The molecule has 2 N–H and O–H groups in total. The molecule has 1 aromatic carbocycles. The van der Waals surface area contributed by atoms with Crippen LogP contribution in [0.15, 0.2) is 42.5 Å². The number of aryl methyl sites for hydroxylation is 2. The standard InChI is InChI=1S/C24H32N4O2/c1-27(22(24(29)30)18-7-3-2-4-8-18)21-13-16-28(17-21)15-6-10-20-12-11-19-9-5-14-25-23(19)26-20/h2-4,7-8,11-12,21-22H,5-6,9-10,13-17H2,1H3,(H,25,26)(H,29,30). The minimum absolute atomic E-state index is 0.261. The van der Waals surface area contributed by atoms with Crippen molar-refractivity contribution in [3.8, 4) is 0 Å². The van der Waals surface area contributed by atoms with Gasteiger partial charge in [0.15, 0.2) is 0 Å². The van der Waals surface area contributed by atoms with Crippen LogP contribution >= 0.6 is 0 Å². The number of hydrogen-bond donors (Lipinski definition) is 2. The molecule has 1 saturated heterocycles. The maximum atomic E-state index is 11.9. The number of carboxylic acids is 1. The number of rotatable bonds is 8. The number of nitrogens with zero attached hydrogens (tertiary/aromatic N) is 3. The van der Waals surface area contributed by atoms with Crippen molar-refractivity contribution in [1.82, 2.24) is 14.8 Å². The Morgan fingerprint density at radius 1 is 1.30 bits per heavy atom. The summed E-state index contributed by atoms with van der Waals surface area (Å²) < 4.78 is 0. The Morgan fingerprint density at radius 3 is 2.93 bits per heavy atom. The fourth-order valence-corrected chi connectivity index (χ4v) is 4.74. The zero-order chi connectivity index (χ0) is 20.9. The van der Waals surface area contributed by atoms with Crippen LogP contribution < -0.4 is 5.32 Å². The molecule has 3 heterocycles. The van der Waals surface area contributed by atoms with E-state index in [1.165, 1.54) is 12.0 Å². The van der Waals surface area contributed by atoms with Crippen molar-refractivity contribution >= 4 is 11.8 Å². The number of aromatic nitrogens is 1. The van der Waals surface area contributed by atoms with Gasteiger partial charge in [0.1, 0.15) is 11.9 Å². The lowest BCUT2D eigenvalue weighted by Gasteiger charge is -2.30. The second-order valence-corrected chi connectivity index (χ2v) is 8.50. The average Bonchev–Trinajstić information content (AvgIpc) is 3.23. The number of benzene rings is 1. The number of likely N-dealkylation sites (tertiary alicyclic amines) is 1. The number of aliphatic carboxylic acids is 1. The third-order valence-corrected chi connectivity index (χ3v) is 6.44. The maximum absolute atomic E-state index is 11.9. The average molecular weight is 409 g/mol. The number of pyridine rings is 1. The van der Waals surface area contributed by atoms with E-state index in [0.717, 1.165) is 68.9 Å². The summed E-state index contributed by atoms with van der Waals surface area (Å²) in [7, 11) is 1.95. The van der Waals surface area contributed by atoms with Gasteiger partial charge >= 0.3 is 5.97 Å². The number of nitrogens with one attached hydrogen (secondary N) is 1. The molecule has 30 heavy (non-hydrogen) atoms.